The van der Waals surface area contributed by atoms with Crippen molar-refractivity contribution in [2.75, 3.05) is 5.32 Å². The molecule has 0 aliphatic rings. The van der Waals surface area contributed by atoms with Gasteiger partial charge in [0.05, 0.1) is 10.5 Å². The van der Waals surface area contributed by atoms with E-state index in [0.29, 0.717) is 17.3 Å². The van der Waals surface area contributed by atoms with E-state index in [4.69, 9.17) is 11.6 Å². The molecule has 0 bridgehead atoms. The van der Waals surface area contributed by atoms with E-state index in [2.05, 4.69) is 42.9 Å². The number of halogens is 3. The number of hydrogen-bond acceptors (Lipinski definition) is 4. The summed E-state index contributed by atoms with van der Waals surface area (Å²) < 4.78 is 14.5. The molecule has 7 heteroatoms. The first kappa shape index (κ1) is 17.1. The van der Waals surface area contributed by atoms with E-state index in [1.165, 1.54) is 12.1 Å². The van der Waals surface area contributed by atoms with Gasteiger partial charge in [0.25, 0.3) is 0 Å². The van der Waals surface area contributed by atoms with Gasteiger partial charge in [0.15, 0.2) is 5.82 Å². The second kappa shape index (κ2) is 7.13. The second-order valence-electron chi connectivity index (χ2n) is 5.55. The Morgan fingerprint density at radius 3 is 2.69 bits per heavy atom. The SMILES string of the molecule is Fc1ccc(Nc2nc(-c3cccnc3)nc3cc(I)ccc23)cc1Cl. The predicted octanol–water partition coefficient (Wildman–Crippen LogP) is 5.83. The van der Waals surface area contributed by atoms with E-state index in [0.717, 1.165) is 20.0 Å². The van der Waals surface area contributed by atoms with Crippen LogP contribution in [-0.2, 0) is 0 Å². The van der Waals surface area contributed by atoms with Crippen LogP contribution in [0.5, 0.6) is 0 Å². The Morgan fingerprint density at radius 2 is 1.92 bits per heavy atom. The minimum atomic E-state index is -0.463. The first-order valence-corrected chi connectivity index (χ1v) is 9.15. The zero-order valence-electron chi connectivity index (χ0n) is 13.2. The van der Waals surface area contributed by atoms with Gasteiger partial charge in [-0.1, -0.05) is 11.6 Å². The summed E-state index contributed by atoms with van der Waals surface area (Å²) in [5, 5.41) is 4.13. The Kier molecular flexibility index (Phi) is 4.69. The van der Waals surface area contributed by atoms with Crippen LogP contribution in [0.4, 0.5) is 15.9 Å². The van der Waals surface area contributed by atoms with Gasteiger partial charge in [0.1, 0.15) is 11.6 Å². The van der Waals surface area contributed by atoms with Gasteiger partial charge in [0, 0.05) is 32.6 Å². The molecule has 0 saturated heterocycles. The van der Waals surface area contributed by atoms with Gasteiger partial charge in [-0.3, -0.25) is 4.98 Å². The fourth-order valence-electron chi connectivity index (χ4n) is 2.53. The number of aromatic nitrogens is 3. The number of nitrogens with one attached hydrogen (secondary N) is 1. The third-order valence-corrected chi connectivity index (χ3v) is 4.72. The fourth-order valence-corrected chi connectivity index (χ4v) is 3.19. The normalized spacial score (nSPS) is 10.9. The topological polar surface area (TPSA) is 50.7 Å². The van der Waals surface area contributed by atoms with E-state index in [1.54, 1.807) is 18.5 Å². The molecule has 128 valence electrons. The average molecular weight is 477 g/mol. The summed E-state index contributed by atoms with van der Waals surface area (Å²) in [4.78, 5) is 13.4. The summed E-state index contributed by atoms with van der Waals surface area (Å²) in [7, 11) is 0. The van der Waals surface area contributed by atoms with Gasteiger partial charge in [-0.15, -0.1) is 0 Å². The minimum absolute atomic E-state index is 0.0513. The molecule has 0 spiro atoms. The molecule has 4 nitrogen and oxygen atoms in total. The van der Waals surface area contributed by atoms with Crippen LogP contribution in [-0.4, -0.2) is 15.0 Å². The largest absolute Gasteiger partial charge is 0.340 e. The maximum Gasteiger partial charge on any atom is 0.163 e. The van der Waals surface area contributed by atoms with Crippen LogP contribution in [0.1, 0.15) is 0 Å². The molecule has 0 aliphatic carbocycles. The lowest BCUT2D eigenvalue weighted by molar-refractivity contribution is 0.628. The molecular weight excluding hydrogens is 466 g/mol. The molecule has 26 heavy (non-hydrogen) atoms. The summed E-state index contributed by atoms with van der Waals surface area (Å²) in [6, 6.07) is 14.1. The zero-order valence-corrected chi connectivity index (χ0v) is 16.2. The lowest BCUT2D eigenvalue weighted by Crippen LogP contribution is -2.00. The van der Waals surface area contributed by atoms with E-state index < -0.39 is 5.82 Å². The van der Waals surface area contributed by atoms with Gasteiger partial charge in [0.2, 0.25) is 0 Å². The molecule has 0 unspecified atom stereocenters. The lowest BCUT2D eigenvalue weighted by Gasteiger charge is -2.12. The van der Waals surface area contributed by atoms with E-state index >= 15 is 0 Å². The first-order chi connectivity index (χ1) is 12.6. The summed E-state index contributed by atoms with van der Waals surface area (Å²) in [6.07, 6.45) is 3.42. The maximum atomic E-state index is 13.4. The Morgan fingerprint density at radius 1 is 1.04 bits per heavy atom. The first-order valence-electron chi connectivity index (χ1n) is 7.70. The van der Waals surface area contributed by atoms with Crippen LogP contribution in [0, 0.1) is 9.39 Å². The molecular formula is C19H11ClFIN4. The van der Waals surface area contributed by atoms with E-state index in [9.17, 15) is 4.39 Å². The fraction of sp³-hybridized carbons (Fsp3) is 0. The van der Waals surface area contributed by atoms with Crippen LogP contribution < -0.4 is 5.32 Å². The molecule has 4 aromatic rings. The number of fused-ring (bicyclic) bond motifs is 1. The van der Waals surface area contributed by atoms with Crippen molar-refractivity contribution < 1.29 is 4.39 Å². The van der Waals surface area contributed by atoms with Crippen molar-refractivity contribution in [3.63, 3.8) is 0 Å². The van der Waals surface area contributed by atoms with Crippen LogP contribution in [0.3, 0.4) is 0 Å². The number of hydrogen-bond donors (Lipinski definition) is 1. The van der Waals surface area contributed by atoms with Gasteiger partial charge in [-0.05, 0) is 71.1 Å². The molecule has 2 heterocycles. The number of anilines is 2. The van der Waals surface area contributed by atoms with Crippen molar-refractivity contribution in [2.45, 2.75) is 0 Å². The van der Waals surface area contributed by atoms with Crippen molar-refractivity contribution in [3.8, 4) is 11.4 Å². The van der Waals surface area contributed by atoms with Crippen LogP contribution in [0.25, 0.3) is 22.3 Å². The highest BCUT2D eigenvalue weighted by molar-refractivity contribution is 14.1. The smallest absolute Gasteiger partial charge is 0.163 e. The Labute approximate surface area is 167 Å². The van der Waals surface area contributed by atoms with Gasteiger partial charge < -0.3 is 5.32 Å². The highest BCUT2D eigenvalue weighted by atomic mass is 127. The summed E-state index contributed by atoms with van der Waals surface area (Å²) in [5.41, 5.74) is 2.27. The molecule has 0 saturated carbocycles. The van der Waals surface area contributed by atoms with Gasteiger partial charge >= 0.3 is 0 Å². The number of rotatable bonds is 3. The van der Waals surface area contributed by atoms with Gasteiger partial charge in [-0.25, -0.2) is 14.4 Å². The quantitative estimate of drug-likeness (QED) is 0.378. The van der Waals surface area contributed by atoms with E-state index in [1.807, 2.05) is 30.3 Å². The molecule has 0 fully saturated rings. The molecule has 1 N–H and O–H groups in total. The number of nitrogens with zero attached hydrogens (tertiary/aromatic N) is 3. The molecule has 0 amide bonds. The molecule has 2 aromatic heterocycles. The Hall–Kier alpha value is -2.32. The van der Waals surface area contributed by atoms with Crippen molar-refractivity contribution in [2.24, 2.45) is 0 Å². The van der Waals surface area contributed by atoms with Crippen LogP contribution >= 0.6 is 34.2 Å². The maximum absolute atomic E-state index is 13.4. The molecule has 4 rings (SSSR count). The second-order valence-corrected chi connectivity index (χ2v) is 7.21. The predicted molar refractivity (Wildman–Crippen MR) is 110 cm³/mol. The number of benzene rings is 2. The van der Waals surface area contributed by atoms with Crippen molar-refractivity contribution >= 4 is 56.6 Å². The molecule has 0 atom stereocenters. The monoisotopic (exact) mass is 476 g/mol. The van der Waals surface area contributed by atoms with Crippen molar-refractivity contribution in [3.05, 3.63) is 75.3 Å². The number of pyridine rings is 1. The summed E-state index contributed by atoms with van der Waals surface area (Å²) in [6.45, 7) is 0. The molecule has 0 radical (unpaired) electrons. The average Bonchev–Trinajstić information content (AvgIpc) is 2.65. The Bertz CT molecular complexity index is 1110. The third-order valence-electron chi connectivity index (χ3n) is 3.76. The third kappa shape index (κ3) is 3.47. The highest BCUT2D eigenvalue weighted by Crippen LogP contribution is 2.29. The van der Waals surface area contributed by atoms with E-state index in [-0.39, 0.29) is 5.02 Å². The summed E-state index contributed by atoms with van der Waals surface area (Å²) in [5.74, 6) is 0.714. The minimum Gasteiger partial charge on any atom is -0.340 e. The lowest BCUT2D eigenvalue weighted by atomic mass is 10.2. The van der Waals surface area contributed by atoms with Gasteiger partial charge in [-0.2, -0.15) is 0 Å². The molecule has 0 aliphatic heterocycles. The van der Waals surface area contributed by atoms with Crippen molar-refractivity contribution in [1.29, 1.82) is 0 Å². The van der Waals surface area contributed by atoms with Crippen LogP contribution in [0.15, 0.2) is 60.9 Å². The summed E-state index contributed by atoms with van der Waals surface area (Å²) >= 11 is 8.13. The van der Waals surface area contributed by atoms with Crippen molar-refractivity contribution in [1.82, 2.24) is 15.0 Å². The molecule has 2 aromatic carbocycles. The Balaban J connectivity index is 1.87. The highest BCUT2D eigenvalue weighted by Gasteiger charge is 2.11. The zero-order chi connectivity index (χ0) is 18.1. The van der Waals surface area contributed by atoms with Crippen LogP contribution in [0.2, 0.25) is 5.02 Å². The standard InChI is InChI=1S/C19H11ClFIN4/c20-15-9-13(4-6-16(15)21)24-19-14-5-3-12(22)8-17(14)25-18(26-19)11-2-1-7-23-10-11/h1-10H,(H,24,25,26).